The van der Waals surface area contributed by atoms with Gasteiger partial charge in [-0.25, -0.2) is 4.98 Å². The second-order valence-corrected chi connectivity index (χ2v) is 9.60. The van der Waals surface area contributed by atoms with E-state index in [4.69, 9.17) is 20.4 Å². The maximum absolute atomic E-state index is 12.2. The van der Waals surface area contributed by atoms with E-state index in [0.29, 0.717) is 23.7 Å². The molecule has 2 aromatic rings. The van der Waals surface area contributed by atoms with E-state index in [-0.39, 0.29) is 17.4 Å². The molecule has 0 radical (unpaired) electrons. The van der Waals surface area contributed by atoms with E-state index in [1.165, 1.54) is 12.1 Å². The molecule has 2 atom stereocenters. The summed E-state index contributed by atoms with van der Waals surface area (Å²) in [6.45, 7) is 5.36. The van der Waals surface area contributed by atoms with Crippen molar-refractivity contribution in [2.45, 2.75) is 24.3 Å². The van der Waals surface area contributed by atoms with Crippen molar-refractivity contribution in [3.05, 3.63) is 96.1 Å². The Labute approximate surface area is 200 Å². The van der Waals surface area contributed by atoms with Gasteiger partial charge in [0.25, 0.3) is 10.1 Å². The molecule has 180 valence electrons. The normalized spacial score (nSPS) is 17.2. The number of rotatable bonds is 10. The number of hydrogen-bond donors (Lipinski definition) is 3. The number of anilines is 1. The summed E-state index contributed by atoms with van der Waals surface area (Å²) < 4.78 is 35.1. The van der Waals surface area contributed by atoms with Crippen LogP contribution >= 0.6 is 0 Å². The number of allylic oxidation sites excluding steroid dienone is 6. The number of pyridine rings is 1. The largest absolute Gasteiger partial charge is 0.495 e. The molecule has 5 N–H and O–H groups in total. The first-order valence-electron chi connectivity index (χ1n) is 10.7. The van der Waals surface area contributed by atoms with Crippen molar-refractivity contribution in [1.82, 2.24) is 4.98 Å². The molecule has 1 aromatic heterocycles. The number of aromatic nitrogens is 1. The molecule has 0 spiro atoms. The lowest BCUT2D eigenvalue weighted by Crippen LogP contribution is -2.24. The van der Waals surface area contributed by atoms with Gasteiger partial charge in [0.2, 0.25) is 0 Å². The topological polar surface area (TPSA) is 138 Å². The maximum atomic E-state index is 12.2. The quantitative estimate of drug-likeness (QED) is 0.346. The van der Waals surface area contributed by atoms with Crippen LogP contribution in [0.15, 0.2) is 89.8 Å². The molecule has 8 nitrogen and oxygen atoms in total. The van der Waals surface area contributed by atoms with Gasteiger partial charge >= 0.3 is 0 Å². The highest BCUT2D eigenvalue weighted by molar-refractivity contribution is 7.86. The third-order valence-electron chi connectivity index (χ3n) is 5.18. The summed E-state index contributed by atoms with van der Waals surface area (Å²) in [6.07, 6.45) is 8.27. The van der Waals surface area contributed by atoms with E-state index in [0.717, 1.165) is 16.7 Å². The van der Waals surface area contributed by atoms with Gasteiger partial charge in [-0.15, -0.1) is 0 Å². The van der Waals surface area contributed by atoms with Crippen molar-refractivity contribution in [2.75, 3.05) is 18.9 Å². The minimum Gasteiger partial charge on any atom is -0.495 e. The Hall–Kier alpha value is -3.40. The molecule has 0 saturated carbocycles. The average molecular weight is 484 g/mol. The first-order chi connectivity index (χ1) is 16.1. The summed E-state index contributed by atoms with van der Waals surface area (Å²) in [4.78, 5) is 4.09. The van der Waals surface area contributed by atoms with Crippen molar-refractivity contribution < 1.29 is 22.4 Å². The molecule has 3 rings (SSSR count). The van der Waals surface area contributed by atoms with Crippen LogP contribution in [0, 0.1) is 12.8 Å². The Kier molecular flexibility index (Phi) is 8.27. The fourth-order valence-electron chi connectivity index (χ4n) is 3.12. The number of nitrogen functional groups attached to an aromatic ring is 1. The van der Waals surface area contributed by atoms with Gasteiger partial charge in [0.15, 0.2) is 0 Å². The van der Waals surface area contributed by atoms with Crippen LogP contribution in [-0.4, -0.2) is 37.8 Å². The molecule has 0 saturated heterocycles. The lowest BCUT2D eigenvalue weighted by molar-refractivity contribution is 0.0362. The van der Waals surface area contributed by atoms with Crippen LogP contribution in [0.1, 0.15) is 17.5 Å². The van der Waals surface area contributed by atoms with Gasteiger partial charge in [-0.1, -0.05) is 36.4 Å². The standard InChI is InChI=1S/C25H29N3O5S/c1-17-3-9-23(10-4-17)34(30,31)33-16-21(29)15-32-22-8-11-24(26)19(13-22)6-5-18(2)20-7-12-25(27)28-14-20/h3-12,14,19,21,29H,2,13,15-16,26H2,1H3,(H2,27,28)/b6-5-/t19-,21?/m1/s1. The smallest absolute Gasteiger partial charge is 0.297 e. The van der Waals surface area contributed by atoms with Gasteiger partial charge in [-0.3, -0.25) is 4.18 Å². The summed E-state index contributed by atoms with van der Waals surface area (Å²) in [6, 6.07) is 9.83. The van der Waals surface area contributed by atoms with Crippen molar-refractivity contribution in [3.63, 3.8) is 0 Å². The van der Waals surface area contributed by atoms with E-state index >= 15 is 0 Å². The summed E-state index contributed by atoms with van der Waals surface area (Å²) in [5, 5.41) is 10.2. The molecule has 0 bridgehead atoms. The van der Waals surface area contributed by atoms with Gasteiger partial charge in [-0.05, 0) is 54.5 Å². The molecule has 1 unspecified atom stereocenters. The zero-order valence-electron chi connectivity index (χ0n) is 18.9. The second kappa shape index (κ2) is 11.1. The van der Waals surface area contributed by atoms with Crippen molar-refractivity contribution in [1.29, 1.82) is 0 Å². The highest BCUT2D eigenvalue weighted by Gasteiger charge is 2.20. The number of hydrogen-bond acceptors (Lipinski definition) is 8. The average Bonchev–Trinajstić information content (AvgIpc) is 2.82. The van der Waals surface area contributed by atoms with E-state index in [1.807, 2.05) is 25.1 Å². The van der Waals surface area contributed by atoms with Crippen LogP contribution in [0.4, 0.5) is 5.82 Å². The molecular formula is C25H29N3O5S. The molecule has 0 fully saturated rings. The Balaban J connectivity index is 1.49. The predicted octanol–water partition coefficient (Wildman–Crippen LogP) is 3.07. The van der Waals surface area contributed by atoms with E-state index in [9.17, 15) is 13.5 Å². The number of ether oxygens (including phenoxy) is 1. The summed E-state index contributed by atoms with van der Waals surface area (Å²) in [5.41, 5.74) is 14.9. The first-order valence-corrected chi connectivity index (χ1v) is 12.1. The Morgan fingerprint density at radius 1 is 1.21 bits per heavy atom. The number of aliphatic hydroxyl groups is 1. The monoisotopic (exact) mass is 483 g/mol. The molecule has 0 amide bonds. The molecule has 1 aliphatic carbocycles. The zero-order chi connectivity index (χ0) is 24.7. The first kappa shape index (κ1) is 25.2. The molecule has 34 heavy (non-hydrogen) atoms. The molecule has 9 heteroatoms. The van der Waals surface area contributed by atoms with Crippen LogP contribution in [0.2, 0.25) is 0 Å². The fraction of sp³-hybridized carbons (Fsp3) is 0.240. The minimum absolute atomic E-state index is 0.0350. The molecule has 1 heterocycles. The summed E-state index contributed by atoms with van der Waals surface area (Å²) in [5.74, 6) is 0.935. The van der Waals surface area contributed by atoms with E-state index in [1.54, 1.807) is 36.5 Å². The predicted molar refractivity (Wildman–Crippen MR) is 132 cm³/mol. The second-order valence-electron chi connectivity index (χ2n) is 7.98. The third-order valence-corrected chi connectivity index (χ3v) is 6.48. The van der Waals surface area contributed by atoms with Gasteiger partial charge in [-0.2, -0.15) is 8.42 Å². The zero-order valence-corrected chi connectivity index (χ0v) is 19.7. The minimum atomic E-state index is -3.96. The molecular weight excluding hydrogens is 454 g/mol. The van der Waals surface area contributed by atoms with Crippen molar-refractivity contribution in [3.8, 4) is 0 Å². The number of aryl methyl sites for hydroxylation is 1. The molecule has 1 aromatic carbocycles. The van der Waals surface area contributed by atoms with E-state index < -0.39 is 22.8 Å². The number of aliphatic hydroxyl groups excluding tert-OH is 1. The Bertz CT molecular complexity index is 1200. The fourth-order valence-corrected chi connectivity index (χ4v) is 4.06. The number of benzene rings is 1. The highest BCUT2D eigenvalue weighted by atomic mass is 32.2. The lowest BCUT2D eigenvalue weighted by Gasteiger charge is -2.21. The van der Waals surface area contributed by atoms with E-state index in [2.05, 4.69) is 11.6 Å². The Morgan fingerprint density at radius 3 is 2.62 bits per heavy atom. The van der Waals surface area contributed by atoms with Crippen LogP contribution in [0.3, 0.4) is 0 Å². The molecule has 0 aliphatic heterocycles. The highest BCUT2D eigenvalue weighted by Crippen LogP contribution is 2.26. The van der Waals surface area contributed by atoms with Crippen LogP contribution in [-0.2, 0) is 19.0 Å². The maximum Gasteiger partial charge on any atom is 0.297 e. The SMILES string of the molecule is C=C(/C=C\[C@@H]1CC(OCC(O)COS(=O)(=O)c2ccc(C)cc2)=CC=C1N)c1ccc(N)nc1. The van der Waals surface area contributed by atoms with Crippen molar-refractivity contribution in [2.24, 2.45) is 11.7 Å². The third kappa shape index (κ3) is 7.05. The van der Waals surface area contributed by atoms with Crippen LogP contribution < -0.4 is 11.5 Å². The van der Waals surface area contributed by atoms with Gasteiger partial charge in [0.05, 0.1) is 17.3 Å². The van der Waals surface area contributed by atoms with Crippen LogP contribution in [0.25, 0.3) is 5.57 Å². The van der Waals surface area contributed by atoms with Gasteiger partial charge in [0, 0.05) is 24.2 Å². The summed E-state index contributed by atoms with van der Waals surface area (Å²) in [7, 11) is -3.96. The van der Waals surface area contributed by atoms with Gasteiger partial charge < -0.3 is 21.3 Å². The number of nitrogens with two attached hydrogens (primary N) is 2. The lowest BCUT2D eigenvalue weighted by atomic mass is 9.94. The Morgan fingerprint density at radius 2 is 1.94 bits per heavy atom. The van der Waals surface area contributed by atoms with Crippen molar-refractivity contribution >= 4 is 21.5 Å². The number of nitrogens with zero attached hydrogens (tertiary/aromatic N) is 1. The molecule has 1 aliphatic rings. The van der Waals surface area contributed by atoms with Gasteiger partial charge in [0.1, 0.15) is 18.5 Å². The summed E-state index contributed by atoms with van der Waals surface area (Å²) >= 11 is 0. The van der Waals surface area contributed by atoms with Crippen LogP contribution in [0.5, 0.6) is 0 Å².